The SMILES string of the molecule is CC1(C)C(/C=C/C=C/Nc2ccccc2)=[N+](CCCS(=O)(=O)O)c2c1cc(S(=O)(=O)O)cc2S(=O)(=O)[O-]. The number of nitrogens with zero attached hydrogens (tertiary/aromatic N) is 1. The Morgan fingerprint density at radius 2 is 1.65 bits per heavy atom. The number of para-hydroxylation sites is 1. The van der Waals surface area contributed by atoms with Crippen molar-refractivity contribution in [2.45, 2.75) is 35.5 Å². The molecule has 0 aromatic heterocycles. The van der Waals surface area contributed by atoms with E-state index in [1.54, 1.807) is 38.3 Å². The number of nitrogens with one attached hydrogen (secondary N) is 1. The smallest absolute Gasteiger partial charge is 0.294 e. The van der Waals surface area contributed by atoms with Crippen molar-refractivity contribution in [2.75, 3.05) is 17.6 Å². The molecule has 0 saturated heterocycles. The van der Waals surface area contributed by atoms with E-state index in [1.165, 1.54) is 4.58 Å². The Morgan fingerprint density at radius 1 is 1.00 bits per heavy atom. The van der Waals surface area contributed by atoms with Gasteiger partial charge in [-0.1, -0.05) is 24.3 Å². The monoisotopic (exact) mass is 570 g/mol. The van der Waals surface area contributed by atoms with Crippen LogP contribution in [0.3, 0.4) is 0 Å². The van der Waals surface area contributed by atoms with Crippen LogP contribution in [0.25, 0.3) is 0 Å². The van der Waals surface area contributed by atoms with Crippen LogP contribution in [0.1, 0.15) is 25.8 Å². The summed E-state index contributed by atoms with van der Waals surface area (Å²) in [7, 11) is -14.4. The zero-order valence-corrected chi connectivity index (χ0v) is 22.3. The predicted octanol–water partition coefficient (Wildman–Crippen LogP) is 2.67. The first kappa shape index (κ1) is 28.7. The lowest BCUT2D eigenvalue weighted by Crippen LogP contribution is -2.28. The number of allylic oxidation sites excluding steroid dienone is 3. The molecule has 1 aliphatic rings. The van der Waals surface area contributed by atoms with E-state index >= 15 is 0 Å². The molecule has 3 rings (SSSR count). The Bertz CT molecular complexity index is 1610. The molecule has 0 radical (unpaired) electrons. The highest BCUT2D eigenvalue weighted by Gasteiger charge is 2.47. The number of rotatable bonds is 10. The Balaban J connectivity index is 2.14. The molecule has 37 heavy (non-hydrogen) atoms. The molecule has 3 N–H and O–H groups in total. The third-order valence-corrected chi connectivity index (χ3v) is 8.25. The zero-order chi connectivity index (χ0) is 27.6. The minimum atomic E-state index is -5.23. The molecule has 0 spiro atoms. The van der Waals surface area contributed by atoms with Crippen LogP contribution in [0.4, 0.5) is 11.4 Å². The standard InChI is InChI=1S/C23H26N2O9S3/c1-23(2)19-15-18(36(29,30)31)16-20(37(32,33)34)22(19)25(13-8-14-35(26,27)28)21(23)11-6-7-12-24-17-9-4-3-5-10-17/h3-7,9-12,15-16H,8,13-14H2,1-2H3,(H3,26,27,28,29,30,31,32,33,34). The molecule has 0 unspecified atom stereocenters. The number of fused-ring (bicyclic) bond motifs is 1. The molecular formula is C23H26N2O9S3. The van der Waals surface area contributed by atoms with Crippen LogP contribution in [0.5, 0.6) is 0 Å². The second kappa shape index (κ2) is 10.5. The Labute approximate surface area is 216 Å². The van der Waals surface area contributed by atoms with Crippen molar-refractivity contribution in [3.05, 3.63) is 72.5 Å². The second-order valence-electron chi connectivity index (χ2n) is 8.78. The van der Waals surface area contributed by atoms with Gasteiger partial charge in [0.2, 0.25) is 5.69 Å². The average molecular weight is 571 g/mol. The summed E-state index contributed by atoms with van der Waals surface area (Å²) in [6.07, 6.45) is 6.42. The number of hydrogen-bond donors (Lipinski definition) is 3. The fourth-order valence-corrected chi connectivity index (χ4v) is 5.92. The molecule has 14 heteroatoms. The van der Waals surface area contributed by atoms with Gasteiger partial charge >= 0.3 is 0 Å². The summed E-state index contributed by atoms with van der Waals surface area (Å²) in [6, 6.07) is 11.0. The topological polar surface area (TPSA) is 181 Å². The van der Waals surface area contributed by atoms with E-state index in [9.17, 15) is 34.4 Å². The van der Waals surface area contributed by atoms with E-state index in [1.807, 2.05) is 30.3 Å². The fourth-order valence-electron chi connectivity index (χ4n) is 4.09. The highest BCUT2D eigenvalue weighted by molar-refractivity contribution is 7.86. The van der Waals surface area contributed by atoms with Gasteiger partial charge in [-0.3, -0.25) is 9.11 Å². The van der Waals surface area contributed by atoms with Crippen molar-refractivity contribution in [2.24, 2.45) is 0 Å². The maximum atomic E-state index is 12.2. The van der Waals surface area contributed by atoms with Crippen LogP contribution >= 0.6 is 0 Å². The maximum Gasteiger partial charge on any atom is 0.294 e. The number of benzene rings is 2. The molecular weight excluding hydrogens is 544 g/mol. The third-order valence-electron chi connectivity index (χ3n) is 5.76. The summed E-state index contributed by atoms with van der Waals surface area (Å²) in [5.41, 5.74) is 0.219. The van der Waals surface area contributed by atoms with Crippen molar-refractivity contribution < 1.29 is 43.5 Å². The minimum absolute atomic E-state index is 0.115. The van der Waals surface area contributed by atoms with Crippen LogP contribution in [0.2, 0.25) is 0 Å². The van der Waals surface area contributed by atoms with Gasteiger partial charge in [-0.25, -0.2) is 8.42 Å². The van der Waals surface area contributed by atoms with Gasteiger partial charge < -0.3 is 9.87 Å². The van der Waals surface area contributed by atoms with Gasteiger partial charge in [-0.05, 0) is 44.2 Å². The lowest BCUT2D eigenvalue weighted by atomic mass is 9.81. The molecule has 0 aliphatic carbocycles. The number of hydrogen-bond acceptors (Lipinski definition) is 8. The predicted molar refractivity (Wildman–Crippen MR) is 136 cm³/mol. The summed E-state index contributed by atoms with van der Waals surface area (Å²) in [5, 5.41) is 3.06. The summed E-state index contributed by atoms with van der Waals surface area (Å²) < 4.78 is 103. The molecule has 200 valence electrons. The van der Waals surface area contributed by atoms with Crippen molar-refractivity contribution in [3.8, 4) is 0 Å². The van der Waals surface area contributed by atoms with Gasteiger partial charge in [-0.2, -0.15) is 21.4 Å². The van der Waals surface area contributed by atoms with Gasteiger partial charge in [0.05, 0.1) is 16.1 Å². The fraction of sp³-hybridized carbons (Fsp3) is 0.261. The quantitative estimate of drug-likeness (QED) is 0.218. The van der Waals surface area contributed by atoms with E-state index in [0.29, 0.717) is 11.8 Å². The van der Waals surface area contributed by atoms with E-state index in [4.69, 9.17) is 4.55 Å². The Hall–Kier alpha value is -2.88. The molecule has 0 amide bonds. The van der Waals surface area contributed by atoms with Gasteiger partial charge in [0.25, 0.3) is 20.2 Å². The third kappa shape index (κ3) is 6.91. The van der Waals surface area contributed by atoms with Crippen LogP contribution in [-0.4, -0.2) is 61.5 Å². The molecule has 11 nitrogen and oxygen atoms in total. The number of anilines is 1. The van der Waals surface area contributed by atoms with E-state index in [-0.39, 0.29) is 24.2 Å². The zero-order valence-electron chi connectivity index (χ0n) is 19.9. The molecule has 0 atom stereocenters. The van der Waals surface area contributed by atoms with Crippen molar-refractivity contribution in [1.82, 2.24) is 0 Å². The van der Waals surface area contributed by atoms with Crippen LogP contribution < -0.4 is 5.32 Å². The average Bonchev–Trinajstić information content (AvgIpc) is 2.98. The normalized spacial score (nSPS) is 16.0. The van der Waals surface area contributed by atoms with Crippen LogP contribution in [-0.2, 0) is 35.8 Å². The Kier molecular flexibility index (Phi) is 8.12. The van der Waals surface area contributed by atoms with Gasteiger partial charge in [0.15, 0.2) is 5.71 Å². The molecule has 1 aliphatic heterocycles. The molecule has 0 fully saturated rings. The van der Waals surface area contributed by atoms with Gasteiger partial charge in [0.1, 0.15) is 21.6 Å². The maximum absolute atomic E-state index is 12.2. The molecule has 0 saturated carbocycles. The van der Waals surface area contributed by atoms with Gasteiger partial charge in [-0.15, -0.1) is 0 Å². The highest BCUT2D eigenvalue weighted by Crippen LogP contribution is 2.45. The summed E-state index contributed by atoms with van der Waals surface area (Å²) in [5.74, 6) is -0.625. The first-order valence-corrected chi connectivity index (χ1v) is 15.3. The van der Waals surface area contributed by atoms with Crippen LogP contribution in [0, 0.1) is 0 Å². The first-order valence-electron chi connectivity index (χ1n) is 10.9. The largest absolute Gasteiger partial charge is 0.744 e. The molecule has 2 aromatic rings. The van der Waals surface area contributed by atoms with Crippen LogP contribution in [0.15, 0.2) is 76.7 Å². The summed E-state index contributed by atoms with van der Waals surface area (Å²) in [4.78, 5) is -1.63. The molecule has 0 bridgehead atoms. The van der Waals surface area contributed by atoms with Crippen molar-refractivity contribution in [3.63, 3.8) is 0 Å². The molecule has 1 heterocycles. The van der Waals surface area contributed by atoms with E-state index in [0.717, 1.165) is 11.8 Å². The second-order valence-corrected chi connectivity index (χ2v) is 13.1. The van der Waals surface area contributed by atoms with Crippen molar-refractivity contribution in [1.29, 1.82) is 0 Å². The first-order chi connectivity index (χ1) is 17.0. The van der Waals surface area contributed by atoms with E-state index < -0.39 is 51.3 Å². The highest BCUT2D eigenvalue weighted by atomic mass is 32.2. The summed E-state index contributed by atoms with van der Waals surface area (Å²) in [6.45, 7) is 3.21. The van der Waals surface area contributed by atoms with Crippen molar-refractivity contribution >= 4 is 47.4 Å². The summed E-state index contributed by atoms with van der Waals surface area (Å²) >= 11 is 0. The van der Waals surface area contributed by atoms with E-state index in [2.05, 4.69) is 5.32 Å². The minimum Gasteiger partial charge on any atom is -0.744 e. The Morgan fingerprint density at radius 3 is 2.22 bits per heavy atom. The van der Waals surface area contributed by atoms with Gasteiger partial charge in [0, 0.05) is 29.9 Å². The lowest BCUT2D eigenvalue weighted by Gasteiger charge is -2.17. The molecule has 2 aromatic carbocycles. The lowest BCUT2D eigenvalue weighted by molar-refractivity contribution is -0.440.